The van der Waals surface area contributed by atoms with Crippen molar-refractivity contribution >= 4 is 22.0 Å². The molecule has 2 aliphatic rings. The third-order valence-corrected chi connectivity index (χ3v) is 6.79. The Morgan fingerprint density at radius 3 is 2.67 bits per heavy atom. The minimum Gasteiger partial charge on any atom is -0.435 e. The molecule has 1 saturated heterocycles. The van der Waals surface area contributed by atoms with Gasteiger partial charge in [0.2, 0.25) is 15.9 Å². The number of rotatable bonds is 5. The maximum atomic E-state index is 13.2. The lowest BCUT2D eigenvalue weighted by molar-refractivity contribution is -0.128. The van der Waals surface area contributed by atoms with Crippen LogP contribution in [0, 0.1) is 5.92 Å². The third-order valence-electron chi connectivity index (χ3n) is 4.78. The quantitative estimate of drug-likeness (QED) is 0.823. The predicted octanol–water partition coefficient (Wildman–Crippen LogP) is 2.36. The molecular weight excluding hydrogens is 378 g/mol. The number of carbonyl (C=O) groups is 1. The first kappa shape index (κ1) is 19.8. The smallest absolute Gasteiger partial charge is 0.387 e. The van der Waals surface area contributed by atoms with Crippen LogP contribution in [0.2, 0.25) is 0 Å². The van der Waals surface area contributed by atoms with Gasteiger partial charge in [0, 0.05) is 13.1 Å². The van der Waals surface area contributed by atoms with E-state index in [1.807, 2.05) is 13.8 Å². The zero-order valence-electron chi connectivity index (χ0n) is 15.1. The van der Waals surface area contributed by atoms with Crippen LogP contribution in [0.25, 0.3) is 6.08 Å². The van der Waals surface area contributed by atoms with Crippen LogP contribution < -0.4 is 10.1 Å². The third kappa shape index (κ3) is 3.98. The molecule has 1 heterocycles. The van der Waals surface area contributed by atoms with Crippen molar-refractivity contribution in [2.24, 2.45) is 5.92 Å². The highest BCUT2D eigenvalue weighted by Crippen LogP contribution is 2.33. The topological polar surface area (TPSA) is 75.7 Å². The number of benzene rings is 1. The molecule has 1 atom stereocenters. The van der Waals surface area contributed by atoms with Crippen molar-refractivity contribution in [3.8, 4) is 5.75 Å². The number of amides is 1. The average Bonchev–Trinajstić information content (AvgIpc) is 2.60. The van der Waals surface area contributed by atoms with Gasteiger partial charge in [-0.2, -0.15) is 13.1 Å². The number of nitrogens with zero attached hydrogens (tertiary/aromatic N) is 1. The first-order valence-corrected chi connectivity index (χ1v) is 10.2. The molecule has 148 valence electrons. The number of carbonyl (C=O) groups excluding carboxylic acids is 1. The van der Waals surface area contributed by atoms with Crippen molar-refractivity contribution in [1.29, 1.82) is 0 Å². The second kappa shape index (κ2) is 7.55. The molecule has 1 N–H and O–H groups in total. The lowest BCUT2D eigenvalue weighted by Gasteiger charge is -2.37. The number of fused-ring (bicyclic) bond motifs is 1. The molecule has 1 unspecified atom stereocenters. The number of nitrogens with one attached hydrogen (secondary N) is 1. The van der Waals surface area contributed by atoms with Crippen molar-refractivity contribution in [2.45, 2.75) is 39.3 Å². The van der Waals surface area contributed by atoms with E-state index in [2.05, 4.69) is 10.1 Å². The molecule has 1 fully saturated rings. The predicted molar refractivity (Wildman–Crippen MR) is 96.6 cm³/mol. The van der Waals surface area contributed by atoms with E-state index in [9.17, 15) is 22.0 Å². The summed E-state index contributed by atoms with van der Waals surface area (Å²) < 4.78 is 56.7. The van der Waals surface area contributed by atoms with Crippen LogP contribution >= 0.6 is 0 Å². The van der Waals surface area contributed by atoms with Gasteiger partial charge in [0.25, 0.3) is 0 Å². The van der Waals surface area contributed by atoms with Crippen LogP contribution in [0.4, 0.5) is 8.78 Å². The van der Waals surface area contributed by atoms with Crippen molar-refractivity contribution < 1.29 is 26.7 Å². The SMILES string of the molecule is CC(C)C1C(=O)NCCN1S(=O)(=O)C1=Cc2ccc(OC(F)F)cc2CC1. The van der Waals surface area contributed by atoms with Crippen molar-refractivity contribution in [3.05, 3.63) is 34.2 Å². The molecule has 1 aromatic rings. The fourth-order valence-electron chi connectivity index (χ4n) is 3.54. The highest BCUT2D eigenvalue weighted by atomic mass is 32.2. The van der Waals surface area contributed by atoms with Gasteiger partial charge < -0.3 is 10.1 Å². The van der Waals surface area contributed by atoms with Gasteiger partial charge in [-0.1, -0.05) is 19.9 Å². The molecule has 0 saturated carbocycles. The van der Waals surface area contributed by atoms with Gasteiger partial charge >= 0.3 is 6.61 Å². The van der Waals surface area contributed by atoms with E-state index < -0.39 is 22.7 Å². The summed E-state index contributed by atoms with van der Waals surface area (Å²) in [5.41, 5.74) is 1.41. The summed E-state index contributed by atoms with van der Waals surface area (Å²) >= 11 is 0. The van der Waals surface area contributed by atoms with E-state index in [0.29, 0.717) is 12.0 Å². The fraction of sp³-hybridized carbons (Fsp3) is 0.500. The van der Waals surface area contributed by atoms with Crippen molar-refractivity contribution in [1.82, 2.24) is 9.62 Å². The minimum absolute atomic E-state index is 0.0519. The lowest BCUT2D eigenvalue weighted by Crippen LogP contribution is -2.59. The van der Waals surface area contributed by atoms with Gasteiger partial charge in [-0.25, -0.2) is 8.42 Å². The zero-order chi connectivity index (χ0) is 19.8. The molecule has 6 nitrogen and oxygen atoms in total. The standard InChI is InChI=1S/C18H22F2N2O4S/c1-11(2)16-17(23)21-7-8-22(16)27(24,25)15-6-4-12-9-14(26-18(19)20)5-3-13(12)10-15/h3,5,9-11,16,18H,4,6-8H2,1-2H3,(H,21,23). The number of alkyl halides is 2. The molecule has 1 aromatic carbocycles. The monoisotopic (exact) mass is 400 g/mol. The summed E-state index contributed by atoms with van der Waals surface area (Å²) in [4.78, 5) is 12.4. The lowest BCUT2D eigenvalue weighted by atomic mass is 9.97. The van der Waals surface area contributed by atoms with Gasteiger partial charge in [-0.15, -0.1) is 0 Å². The zero-order valence-corrected chi connectivity index (χ0v) is 15.9. The number of ether oxygens (including phenoxy) is 1. The molecule has 1 aliphatic carbocycles. The van der Waals surface area contributed by atoms with Gasteiger partial charge in [0.1, 0.15) is 11.8 Å². The van der Waals surface area contributed by atoms with E-state index in [1.54, 1.807) is 12.1 Å². The van der Waals surface area contributed by atoms with Crippen LogP contribution in [0.15, 0.2) is 23.1 Å². The Labute approximate surface area is 157 Å². The molecular formula is C18H22F2N2O4S. The number of allylic oxidation sites excluding steroid dienone is 1. The molecule has 3 rings (SSSR count). The van der Waals surface area contributed by atoms with Crippen molar-refractivity contribution in [3.63, 3.8) is 0 Å². The Hall–Kier alpha value is -2.00. The number of hydrogen-bond acceptors (Lipinski definition) is 4. The number of aryl methyl sites for hydroxylation is 1. The largest absolute Gasteiger partial charge is 0.435 e. The Morgan fingerprint density at radius 1 is 1.26 bits per heavy atom. The van der Waals surface area contributed by atoms with Gasteiger partial charge in [0.15, 0.2) is 0 Å². The number of sulfonamides is 1. The van der Waals surface area contributed by atoms with Crippen LogP contribution in [0.3, 0.4) is 0 Å². The Balaban J connectivity index is 1.91. The maximum Gasteiger partial charge on any atom is 0.387 e. The molecule has 0 radical (unpaired) electrons. The van der Waals surface area contributed by atoms with E-state index in [4.69, 9.17) is 0 Å². The number of halogens is 2. The minimum atomic E-state index is -3.80. The molecule has 9 heteroatoms. The average molecular weight is 400 g/mol. The molecule has 0 spiro atoms. The first-order chi connectivity index (χ1) is 12.7. The maximum absolute atomic E-state index is 13.2. The van der Waals surface area contributed by atoms with Crippen LogP contribution in [0.1, 0.15) is 31.4 Å². The van der Waals surface area contributed by atoms with Crippen LogP contribution in [-0.2, 0) is 21.2 Å². The molecule has 0 bridgehead atoms. The second-order valence-electron chi connectivity index (χ2n) is 6.95. The van der Waals surface area contributed by atoms with E-state index in [0.717, 1.165) is 5.56 Å². The summed E-state index contributed by atoms with van der Waals surface area (Å²) in [6.45, 7) is 1.22. The number of piperazine rings is 1. The Kier molecular flexibility index (Phi) is 5.53. The van der Waals surface area contributed by atoms with Gasteiger partial charge in [-0.3, -0.25) is 4.79 Å². The first-order valence-electron chi connectivity index (χ1n) is 8.78. The summed E-state index contributed by atoms with van der Waals surface area (Å²) in [5.74, 6) is -0.396. The second-order valence-corrected chi connectivity index (χ2v) is 8.89. The van der Waals surface area contributed by atoms with Gasteiger partial charge in [-0.05, 0) is 48.1 Å². The van der Waals surface area contributed by atoms with Gasteiger partial charge in [0.05, 0.1) is 4.91 Å². The van der Waals surface area contributed by atoms with Crippen LogP contribution in [-0.4, -0.2) is 44.4 Å². The molecule has 0 aromatic heterocycles. The molecule has 1 aliphatic heterocycles. The Morgan fingerprint density at radius 2 is 2.00 bits per heavy atom. The van der Waals surface area contributed by atoms with E-state index >= 15 is 0 Å². The molecule has 1 amide bonds. The highest BCUT2D eigenvalue weighted by molar-refractivity contribution is 7.93. The summed E-state index contributed by atoms with van der Waals surface area (Å²) in [6, 6.07) is 3.73. The summed E-state index contributed by atoms with van der Waals surface area (Å²) in [7, 11) is -3.80. The van der Waals surface area contributed by atoms with E-state index in [1.165, 1.54) is 16.4 Å². The fourth-order valence-corrected chi connectivity index (χ4v) is 5.45. The van der Waals surface area contributed by atoms with Crippen molar-refractivity contribution in [2.75, 3.05) is 13.1 Å². The van der Waals surface area contributed by atoms with E-state index in [-0.39, 0.29) is 42.0 Å². The number of hydrogen-bond donors (Lipinski definition) is 1. The Bertz CT molecular complexity index is 868. The highest BCUT2D eigenvalue weighted by Gasteiger charge is 2.41. The molecule has 27 heavy (non-hydrogen) atoms. The summed E-state index contributed by atoms with van der Waals surface area (Å²) in [6.07, 6.45) is 2.20. The summed E-state index contributed by atoms with van der Waals surface area (Å²) in [5, 5.41) is 2.72. The normalized spacial score (nSPS) is 21.0. The van der Waals surface area contributed by atoms with Crippen LogP contribution in [0.5, 0.6) is 5.75 Å².